The van der Waals surface area contributed by atoms with Gasteiger partial charge in [0.05, 0.1) is 11.2 Å². The van der Waals surface area contributed by atoms with Crippen LogP contribution >= 0.6 is 11.8 Å². The zero-order chi connectivity index (χ0) is 27.6. The van der Waals surface area contributed by atoms with E-state index in [0.29, 0.717) is 12.2 Å². The van der Waals surface area contributed by atoms with Crippen LogP contribution in [0.4, 0.5) is 0 Å². The summed E-state index contributed by atoms with van der Waals surface area (Å²) in [6.07, 6.45) is 0.245. The van der Waals surface area contributed by atoms with Gasteiger partial charge in [0.15, 0.2) is 0 Å². The number of esters is 1. The summed E-state index contributed by atoms with van der Waals surface area (Å²) in [4.78, 5) is 36.4. The summed E-state index contributed by atoms with van der Waals surface area (Å²) in [6, 6.07) is 29.5. The smallest absolute Gasteiger partial charge is 0.326 e. The van der Waals surface area contributed by atoms with Crippen molar-refractivity contribution in [1.29, 1.82) is 0 Å². The predicted octanol–water partition coefficient (Wildman–Crippen LogP) is 5.79. The lowest BCUT2D eigenvalue weighted by Crippen LogP contribution is -2.43. The first-order valence-electron chi connectivity index (χ1n) is 12.7. The number of thioether (sulfide) groups is 1. The highest BCUT2D eigenvalue weighted by atomic mass is 32.2. The van der Waals surface area contributed by atoms with Crippen LogP contribution in [0.15, 0.2) is 91.0 Å². The Balaban J connectivity index is 1.72. The van der Waals surface area contributed by atoms with Crippen LogP contribution in [0.5, 0.6) is 0 Å². The largest absolute Gasteiger partial charge is 0.480 e. The van der Waals surface area contributed by atoms with Crippen LogP contribution in [-0.2, 0) is 23.9 Å². The van der Waals surface area contributed by atoms with Crippen molar-refractivity contribution < 1.29 is 24.2 Å². The molecule has 0 saturated heterocycles. The third kappa shape index (κ3) is 7.96. The molecule has 0 fully saturated rings. The van der Waals surface area contributed by atoms with Crippen molar-refractivity contribution >= 4 is 29.6 Å². The van der Waals surface area contributed by atoms with Crippen molar-refractivity contribution in [3.63, 3.8) is 0 Å². The number of carboxylic acids is 1. The van der Waals surface area contributed by atoms with Crippen LogP contribution in [0.1, 0.15) is 56.7 Å². The lowest BCUT2D eigenvalue weighted by molar-refractivity contribution is -0.158. The van der Waals surface area contributed by atoms with Gasteiger partial charge >= 0.3 is 11.9 Å². The number of carbonyl (C=O) groups excluding carboxylic acids is 2. The number of hydrogen-bond acceptors (Lipinski definition) is 5. The molecule has 3 aromatic rings. The van der Waals surface area contributed by atoms with Crippen molar-refractivity contribution in [2.45, 2.75) is 56.4 Å². The molecule has 0 aliphatic rings. The fraction of sp³-hybridized carbons (Fsp3) is 0.323. The van der Waals surface area contributed by atoms with Crippen LogP contribution in [0.2, 0.25) is 0 Å². The molecule has 0 aromatic heterocycles. The zero-order valence-electron chi connectivity index (χ0n) is 22.1. The minimum Gasteiger partial charge on any atom is -0.480 e. The highest BCUT2D eigenvalue weighted by Crippen LogP contribution is 2.48. The lowest BCUT2D eigenvalue weighted by atomic mass is 9.84. The summed E-state index contributed by atoms with van der Waals surface area (Å²) < 4.78 is 4.72. The summed E-state index contributed by atoms with van der Waals surface area (Å²) in [5.74, 6) is -1.70. The fourth-order valence-corrected chi connectivity index (χ4v) is 5.75. The van der Waals surface area contributed by atoms with Crippen molar-refractivity contribution in [1.82, 2.24) is 5.32 Å². The molecule has 0 radical (unpaired) electrons. The Morgan fingerprint density at radius 1 is 0.816 bits per heavy atom. The number of hydrogen-bond donors (Lipinski definition) is 2. The highest BCUT2D eigenvalue weighted by molar-refractivity contribution is 8.00. The Labute approximate surface area is 228 Å². The Morgan fingerprint density at radius 3 is 1.66 bits per heavy atom. The first-order chi connectivity index (χ1) is 18.1. The van der Waals surface area contributed by atoms with E-state index < -0.39 is 40.7 Å². The summed E-state index contributed by atoms with van der Waals surface area (Å²) >= 11 is 1.74. The van der Waals surface area contributed by atoms with E-state index in [9.17, 15) is 19.5 Å². The molecule has 0 bridgehead atoms. The van der Waals surface area contributed by atoms with Crippen LogP contribution in [0, 0.1) is 0 Å². The number of carboxylic acid groups (broad SMARTS) is 1. The molecule has 0 saturated carbocycles. The molecule has 3 aromatic carbocycles. The second-order valence-electron chi connectivity index (χ2n) is 9.98. The Kier molecular flexibility index (Phi) is 10.1. The third-order valence-corrected chi connectivity index (χ3v) is 7.46. The van der Waals surface area contributed by atoms with Gasteiger partial charge in [0.1, 0.15) is 11.6 Å². The maximum atomic E-state index is 12.6. The monoisotopic (exact) mass is 533 g/mol. The van der Waals surface area contributed by atoms with Gasteiger partial charge in [0, 0.05) is 6.42 Å². The van der Waals surface area contributed by atoms with E-state index in [0.717, 1.165) is 16.7 Å². The topological polar surface area (TPSA) is 92.7 Å². The standard InChI is InChI=1S/C31H35NO5S/c1-30(2,3)37-28(34)22-26(29(35)36)32-27(33)20-13-21-38-31(23-14-7-4-8-15-23,24-16-9-5-10-17-24)25-18-11-6-12-19-25/h4-12,14-19,26H,13,20-22H2,1-3H3,(H,32,33)(H,35,36)/t26-/m0/s1. The van der Waals surface area contributed by atoms with Gasteiger partial charge in [0.2, 0.25) is 5.91 Å². The number of rotatable bonds is 12. The average Bonchev–Trinajstić information content (AvgIpc) is 2.89. The third-order valence-electron chi connectivity index (χ3n) is 5.83. The fourth-order valence-electron chi connectivity index (χ4n) is 4.24. The summed E-state index contributed by atoms with van der Waals surface area (Å²) in [5.41, 5.74) is 2.67. The molecule has 1 atom stereocenters. The molecule has 0 unspecified atom stereocenters. The highest BCUT2D eigenvalue weighted by Gasteiger charge is 2.36. The molecule has 2 N–H and O–H groups in total. The van der Waals surface area contributed by atoms with Crippen molar-refractivity contribution in [3.05, 3.63) is 108 Å². The molecule has 1 amide bonds. The van der Waals surface area contributed by atoms with Crippen LogP contribution in [0.3, 0.4) is 0 Å². The summed E-state index contributed by atoms with van der Waals surface area (Å²) in [6.45, 7) is 5.12. The van der Waals surface area contributed by atoms with Crippen molar-refractivity contribution in [2.24, 2.45) is 0 Å². The minimum absolute atomic E-state index is 0.138. The molecular weight excluding hydrogens is 498 g/mol. The molecule has 6 nitrogen and oxygen atoms in total. The van der Waals surface area contributed by atoms with Gasteiger partial charge in [-0.2, -0.15) is 0 Å². The van der Waals surface area contributed by atoms with Crippen molar-refractivity contribution in [2.75, 3.05) is 5.75 Å². The average molecular weight is 534 g/mol. The number of ether oxygens (including phenoxy) is 1. The van der Waals surface area contributed by atoms with Crippen LogP contribution < -0.4 is 5.32 Å². The minimum atomic E-state index is -1.33. The van der Waals surface area contributed by atoms with Gasteiger partial charge < -0.3 is 15.2 Å². The second-order valence-corrected chi connectivity index (χ2v) is 11.3. The van der Waals surface area contributed by atoms with Gasteiger partial charge in [-0.25, -0.2) is 4.79 Å². The van der Waals surface area contributed by atoms with E-state index in [-0.39, 0.29) is 6.42 Å². The molecule has 0 spiro atoms. The zero-order valence-corrected chi connectivity index (χ0v) is 22.9. The molecule has 3 rings (SSSR count). The molecule has 7 heteroatoms. The quantitative estimate of drug-likeness (QED) is 0.174. The van der Waals surface area contributed by atoms with Crippen LogP contribution in [-0.4, -0.2) is 40.3 Å². The number of benzene rings is 3. The van der Waals surface area contributed by atoms with E-state index in [4.69, 9.17) is 4.74 Å². The Bertz CT molecular complexity index is 1100. The summed E-state index contributed by atoms with van der Waals surface area (Å²) in [5, 5.41) is 12.0. The number of amides is 1. The van der Waals surface area contributed by atoms with Gasteiger partial charge in [-0.05, 0) is 49.6 Å². The molecular formula is C31H35NO5S. The van der Waals surface area contributed by atoms with Gasteiger partial charge in [0.25, 0.3) is 0 Å². The Hall–Kier alpha value is -3.58. The Morgan fingerprint density at radius 2 is 1.26 bits per heavy atom. The van der Waals surface area contributed by atoms with E-state index in [1.165, 1.54) is 0 Å². The SMILES string of the molecule is CC(C)(C)OC(=O)C[C@H](NC(=O)CCCSC(c1ccccc1)(c1ccccc1)c1ccccc1)C(=O)O. The summed E-state index contributed by atoms with van der Waals surface area (Å²) in [7, 11) is 0. The molecule has 38 heavy (non-hydrogen) atoms. The maximum Gasteiger partial charge on any atom is 0.326 e. The number of aliphatic carboxylic acids is 1. The molecule has 0 heterocycles. The number of nitrogens with one attached hydrogen (secondary N) is 1. The van der Waals surface area contributed by atoms with E-state index in [2.05, 4.69) is 41.7 Å². The van der Waals surface area contributed by atoms with Crippen LogP contribution in [0.25, 0.3) is 0 Å². The molecule has 0 aliphatic carbocycles. The van der Waals surface area contributed by atoms with Gasteiger partial charge in [-0.1, -0.05) is 91.0 Å². The van der Waals surface area contributed by atoms with Gasteiger partial charge in [-0.15, -0.1) is 11.8 Å². The maximum absolute atomic E-state index is 12.6. The van der Waals surface area contributed by atoms with Crippen molar-refractivity contribution in [3.8, 4) is 0 Å². The molecule has 200 valence electrons. The second kappa shape index (κ2) is 13.3. The first kappa shape index (κ1) is 29.0. The van der Waals surface area contributed by atoms with E-state index in [1.54, 1.807) is 32.5 Å². The number of carbonyl (C=O) groups is 3. The first-order valence-corrected chi connectivity index (χ1v) is 13.6. The lowest BCUT2D eigenvalue weighted by Gasteiger charge is -2.35. The van der Waals surface area contributed by atoms with E-state index in [1.807, 2.05) is 54.6 Å². The van der Waals surface area contributed by atoms with E-state index >= 15 is 0 Å². The molecule has 0 aliphatic heterocycles. The normalized spacial score (nSPS) is 12.4. The van der Waals surface area contributed by atoms with Gasteiger partial charge in [-0.3, -0.25) is 9.59 Å². The predicted molar refractivity (Wildman–Crippen MR) is 151 cm³/mol.